The second-order valence-corrected chi connectivity index (χ2v) is 6.96. The van der Waals surface area contributed by atoms with Crippen molar-refractivity contribution in [1.29, 1.82) is 0 Å². The van der Waals surface area contributed by atoms with Gasteiger partial charge in [0.05, 0.1) is 10.7 Å². The minimum atomic E-state index is -3.63. The fraction of sp³-hybridized carbons (Fsp3) is 0.0909. The molecule has 0 amide bonds. The molecule has 0 aliphatic rings. The maximum absolute atomic E-state index is 12.1. The van der Waals surface area contributed by atoms with Gasteiger partial charge in [0.1, 0.15) is 4.21 Å². The molecule has 0 saturated carbocycles. The highest BCUT2D eigenvalue weighted by atomic mass is 35.5. The third-order valence-corrected chi connectivity index (χ3v) is 5.44. The zero-order chi connectivity index (χ0) is 13.3. The number of sulfonamides is 1. The maximum atomic E-state index is 12.1. The average molecular weight is 303 g/mol. The number of nitrogen functional groups attached to an aromatic ring is 1. The summed E-state index contributed by atoms with van der Waals surface area (Å²) in [6.07, 6.45) is 0. The lowest BCUT2D eigenvalue weighted by molar-refractivity contribution is 0.603. The molecule has 96 valence electrons. The van der Waals surface area contributed by atoms with Gasteiger partial charge in [-0.15, -0.1) is 11.3 Å². The van der Waals surface area contributed by atoms with Gasteiger partial charge in [0, 0.05) is 11.1 Å². The molecule has 2 rings (SSSR count). The summed E-state index contributed by atoms with van der Waals surface area (Å²) in [6.45, 7) is 1.78. The van der Waals surface area contributed by atoms with Gasteiger partial charge >= 0.3 is 0 Å². The number of nitrogens with two attached hydrogens (primary N) is 1. The highest BCUT2D eigenvalue weighted by molar-refractivity contribution is 7.94. The second-order valence-electron chi connectivity index (χ2n) is 3.74. The van der Waals surface area contributed by atoms with E-state index in [1.165, 1.54) is 6.07 Å². The van der Waals surface area contributed by atoms with Crippen molar-refractivity contribution < 1.29 is 8.42 Å². The number of aryl methyl sites for hydroxylation is 1. The number of hydrogen-bond donors (Lipinski definition) is 2. The summed E-state index contributed by atoms with van der Waals surface area (Å²) < 4.78 is 26.9. The van der Waals surface area contributed by atoms with E-state index in [1.54, 1.807) is 30.5 Å². The molecular formula is C11H11ClN2O2S2. The van der Waals surface area contributed by atoms with Crippen LogP contribution in [0.2, 0.25) is 5.02 Å². The number of nitrogens with one attached hydrogen (secondary N) is 1. The number of halogens is 1. The number of benzene rings is 1. The normalized spacial score (nSPS) is 11.4. The van der Waals surface area contributed by atoms with Crippen molar-refractivity contribution in [2.45, 2.75) is 11.1 Å². The van der Waals surface area contributed by atoms with Crippen molar-refractivity contribution >= 4 is 44.3 Å². The standard InChI is InChI=1S/C11H11ClN2O2S2/c1-7-3-2-4-9(12)11(7)14-18(15,16)10-5-8(13)6-17-10/h2-6,14H,13H2,1H3. The van der Waals surface area contributed by atoms with Crippen molar-refractivity contribution in [3.05, 3.63) is 40.2 Å². The molecule has 4 nitrogen and oxygen atoms in total. The van der Waals surface area contributed by atoms with Gasteiger partial charge in [-0.3, -0.25) is 4.72 Å². The second kappa shape index (κ2) is 4.79. The largest absolute Gasteiger partial charge is 0.398 e. The Morgan fingerprint density at radius 1 is 1.39 bits per heavy atom. The van der Waals surface area contributed by atoms with Crippen molar-refractivity contribution in [2.24, 2.45) is 0 Å². The quantitative estimate of drug-likeness (QED) is 0.915. The fourth-order valence-electron chi connectivity index (χ4n) is 1.42. The zero-order valence-corrected chi connectivity index (χ0v) is 11.9. The third-order valence-electron chi connectivity index (χ3n) is 2.32. The molecule has 0 unspecified atom stereocenters. The molecule has 3 N–H and O–H groups in total. The Kier molecular flexibility index (Phi) is 3.52. The summed E-state index contributed by atoms with van der Waals surface area (Å²) in [4.78, 5) is 0. The van der Waals surface area contributed by atoms with Gasteiger partial charge in [0.25, 0.3) is 10.0 Å². The van der Waals surface area contributed by atoms with Crippen LogP contribution in [0.4, 0.5) is 11.4 Å². The first-order valence-corrected chi connectivity index (χ1v) is 7.76. The van der Waals surface area contributed by atoms with Gasteiger partial charge in [-0.2, -0.15) is 0 Å². The van der Waals surface area contributed by atoms with Gasteiger partial charge in [0.15, 0.2) is 0 Å². The number of thiophene rings is 1. The smallest absolute Gasteiger partial charge is 0.271 e. The van der Waals surface area contributed by atoms with Gasteiger partial charge in [-0.25, -0.2) is 8.42 Å². The molecule has 0 radical (unpaired) electrons. The fourth-order valence-corrected chi connectivity index (χ4v) is 3.97. The Morgan fingerprint density at radius 2 is 2.11 bits per heavy atom. The first kappa shape index (κ1) is 13.2. The van der Waals surface area contributed by atoms with Gasteiger partial charge in [-0.1, -0.05) is 23.7 Å². The summed E-state index contributed by atoms with van der Waals surface area (Å²) in [5.74, 6) is 0. The van der Waals surface area contributed by atoms with Crippen LogP contribution in [0, 0.1) is 6.92 Å². The lowest BCUT2D eigenvalue weighted by atomic mass is 10.2. The third kappa shape index (κ3) is 2.60. The molecule has 0 atom stereocenters. The van der Waals surface area contributed by atoms with E-state index >= 15 is 0 Å². The van der Waals surface area contributed by atoms with E-state index in [9.17, 15) is 8.42 Å². The summed E-state index contributed by atoms with van der Waals surface area (Å²) >= 11 is 7.05. The van der Waals surface area contributed by atoms with E-state index in [-0.39, 0.29) is 4.21 Å². The van der Waals surface area contributed by atoms with Gasteiger partial charge < -0.3 is 5.73 Å². The van der Waals surface area contributed by atoms with Gasteiger partial charge in [-0.05, 0) is 24.6 Å². The molecule has 0 aliphatic carbocycles. The van der Waals surface area contributed by atoms with Crippen molar-refractivity contribution in [3.8, 4) is 0 Å². The molecular weight excluding hydrogens is 292 g/mol. The lowest BCUT2D eigenvalue weighted by Crippen LogP contribution is -2.12. The molecule has 0 saturated heterocycles. The number of anilines is 2. The minimum absolute atomic E-state index is 0.166. The number of para-hydroxylation sites is 1. The predicted molar refractivity (Wildman–Crippen MR) is 75.7 cm³/mol. The Labute approximate surface area is 114 Å². The van der Waals surface area contributed by atoms with Crippen LogP contribution in [0.5, 0.6) is 0 Å². The Hall–Kier alpha value is -1.24. The SMILES string of the molecule is Cc1cccc(Cl)c1NS(=O)(=O)c1cc(N)cs1. The zero-order valence-electron chi connectivity index (χ0n) is 9.48. The molecule has 1 aromatic heterocycles. The monoisotopic (exact) mass is 302 g/mol. The van der Waals surface area contributed by atoms with Crippen LogP contribution >= 0.6 is 22.9 Å². The Bertz CT molecular complexity index is 660. The van der Waals surface area contributed by atoms with E-state index in [0.717, 1.165) is 16.9 Å². The van der Waals surface area contributed by atoms with E-state index in [0.29, 0.717) is 16.4 Å². The van der Waals surface area contributed by atoms with Crippen LogP contribution in [-0.4, -0.2) is 8.42 Å². The highest BCUT2D eigenvalue weighted by Crippen LogP contribution is 2.30. The van der Waals surface area contributed by atoms with Crippen molar-refractivity contribution in [1.82, 2.24) is 0 Å². The molecule has 0 fully saturated rings. The van der Waals surface area contributed by atoms with Crippen LogP contribution in [0.3, 0.4) is 0 Å². The summed E-state index contributed by atoms with van der Waals surface area (Å²) in [5, 5.41) is 1.94. The highest BCUT2D eigenvalue weighted by Gasteiger charge is 2.18. The molecule has 18 heavy (non-hydrogen) atoms. The molecule has 1 aromatic carbocycles. The summed E-state index contributed by atoms with van der Waals surface area (Å²) in [7, 11) is -3.63. The minimum Gasteiger partial charge on any atom is -0.398 e. The predicted octanol–water partition coefficient (Wildman–Crippen LogP) is 3.09. The van der Waals surface area contributed by atoms with E-state index in [4.69, 9.17) is 17.3 Å². The van der Waals surface area contributed by atoms with E-state index < -0.39 is 10.0 Å². The molecule has 0 spiro atoms. The van der Waals surface area contributed by atoms with Crippen molar-refractivity contribution in [3.63, 3.8) is 0 Å². The molecule has 1 heterocycles. The first-order valence-electron chi connectivity index (χ1n) is 5.02. The van der Waals surface area contributed by atoms with Crippen LogP contribution in [-0.2, 0) is 10.0 Å². The van der Waals surface area contributed by atoms with Gasteiger partial charge in [0.2, 0.25) is 0 Å². The van der Waals surface area contributed by atoms with E-state index in [1.807, 2.05) is 0 Å². The molecule has 0 aliphatic heterocycles. The summed E-state index contributed by atoms with van der Waals surface area (Å²) in [5.41, 5.74) is 7.10. The van der Waals surface area contributed by atoms with E-state index in [2.05, 4.69) is 4.72 Å². The topological polar surface area (TPSA) is 72.2 Å². The number of rotatable bonds is 3. The van der Waals surface area contributed by atoms with Crippen LogP contribution in [0.25, 0.3) is 0 Å². The van der Waals surface area contributed by atoms with Crippen LogP contribution in [0.1, 0.15) is 5.56 Å². The summed E-state index contributed by atoms with van der Waals surface area (Å²) in [6, 6.07) is 6.60. The maximum Gasteiger partial charge on any atom is 0.271 e. The molecule has 7 heteroatoms. The van der Waals surface area contributed by atoms with Crippen LogP contribution in [0.15, 0.2) is 33.9 Å². The van der Waals surface area contributed by atoms with Crippen LogP contribution < -0.4 is 10.5 Å². The average Bonchev–Trinajstić information content (AvgIpc) is 2.71. The van der Waals surface area contributed by atoms with Crippen molar-refractivity contribution in [2.75, 3.05) is 10.5 Å². The Morgan fingerprint density at radius 3 is 2.67 bits per heavy atom. The Balaban J connectivity index is 2.40. The molecule has 0 bridgehead atoms. The number of hydrogen-bond acceptors (Lipinski definition) is 4. The first-order chi connectivity index (χ1) is 8.40. The molecule has 2 aromatic rings. The lowest BCUT2D eigenvalue weighted by Gasteiger charge is -2.10.